The summed E-state index contributed by atoms with van der Waals surface area (Å²) in [5, 5.41) is 9.51. The first-order chi connectivity index (χ1) is 7.74. The van der Waals surface area contributed by atoms with Crippen LogP contribution in [0.1, 0.15) is 4.11 Å². The molecular formula is C8H16O5. The summed E-state index contributed by atoms with van der Waals surface area (Å²) in [6.45, 7) is 0.0720. The third-order valence-electron chi connectivity index (χ3n) is 2.00. The summed E-state index contributed by atoms with van der Waals surface area (Å²) < 4.78 is 41.0. The van der Waals surface area contributed by atoms with Gasteiger partial charge in [0.1, 0.15) is 18.3 Å². The van der Waals surface area contributed by atoms with Crippen molar-refractivity contribution in [2.75, 3.05) is 27.9 Å². The highest BCUT2D eigenvalue weighted by Crippen LogP contribution is 2.20. The number of rotatable bonds is 3. The summed E-state index contributed by atoms with van der Waals surface area (Å²) in [6.07, 6.45) is -3.33. The minimum Gasteiger partial charge on any atom is -0.376 e. The first kappa shape index (κ1) is 7.14. The molecule has 1 N–H and O–H groups in total. The van der Waals surface area contributed by atoms with E-state index in [1.165, 1.54) is 0 Å². The monoisotopic (exact) mass is 195 g/mol. The van der Waals surface area contributed by atoms with Crippen molar-refractivity contribution in [1.82, 2.24) is 0 Å². The maximum atomic E-state index is 9.51. The van der Waals surface area contributed by atoms with Crippen molar-refractivity contribution in [2.24, 2.45) is 0 Å². The van der Waals surface area contributed by atoms with E-state index >= 15 is 0 Å². The van der Waals surface area contributed by atoms with Crippen LogP contribution in [0.25, 0.3) is 0 Å². The fourth-order valence-corrected chi connectivity index (χ4v) is 1.28. The fourth-order valence-electron chi connectivity index (χ4n) is 1.28. The van der Waals surface area contributed by atoms with Crippen LogP contribution in [0.3, 0.4) is 0 Å². The first-order valence-corrected chi connectivity index (χ1v) is 3.76. The molecule has 0 radical (unpaired) electrons. The van der Waals surface area contributed by atoms with Gasteiger partial charge in [-0.3, -0.25) is 0 Å². The fraction of sp³-hybridized carbons (Fsp3) is 1.00. The van der Waals surface area contributed by atoms with Gasteiger partial charge < -0.3 is 24.1 Å². The van der Waals surface area contributed by atoms with Gasteiger partial charge in [-0.25, -0.2) is 0 Å². The number of aliphatic hydroxyl groups is 1. The summed E-state index contributed by atoms with van der Waals surface area (Å²) in [5.41, 5.74) is 0. The van der Waals surface area contributed by atoms with Gasteiger partial charge in [0.2, 0.25) is 0 Å². The zero-order valence-electron chi connectivity index (χ0n) is 10.2. The standard InChI is InChI=1S/C8H16O5/c1-10-5-4-13-8(9)7(12-3)6(5)11-2/h5-9H,4H2,1-3H3/t5-,6+,7-,8?/m1/s1/i1D,2D,3D. The molecule has 5 heteroatoms. The zero-order valence-corrected chi connectivity index (χ0v) is 7.22. The quantitative estimate of drug-likeness (QED) is 0.650. The average molecular weight is 195 g/mol. The average Bonchev–Trinajstić information content (AvgIpc) is 2.27. The van der Waals surface area contributed by atoms with Crippen LogP contribution in [0.15, 0.2) is 0 Å². The molecule has 1 fully saturated rings. The SMILES string of the molecule is [2H]CO[C@H]1[C@H](OC[2H])COC(O)[C@@H]1OC[2H]. The minimum atomic E-state index is -1.20. The van der Waals surface area contributed by atoms with Crippen LogP contribution in [0.4, 0.5) is 0 Å². The van der Waals surface area contributed by atoms with Gasteiger partial charge in [0.25, 0.3) is 0 Å². The molecule has 0 aromatic heterocycles. The summed E-state index contributed by atoms with van der Waals surface area (Å²) in [4.78, 5) is 0. The predicted octanol–water partition coefficient (Wildman–Crippen LogP) is -0.620. The van der Waals surface area contributed by atoms with Gasteiger partial charge in [0.15, 0.2) is 6.29 Å². The molecule has 78 valence electrons. The van der Waals surface area contributed by atoms with Crippen LogP contribution in [0.2, 0.25) is 0 Å². The maximum absolute atomic E-state index is 9.51. The van der Waals surface area contributed by atoms with Gasteiger partial charge in [-0.2, -0.15) is 0 Å². The lowest BCUT2D eigenvalue weighted by Gasteiger charge is -2.38. The summed E-state index contributed by atoms with van der Waals surface area (Å²) in [5.74, 6) is 0. The van der Waals surface area contributed by atoms with Gasteiger partial charge in [-0.05, 0) is 0 Å². The van der Waals surface area contributed by atoms with Crippen molar-refractivity contribution < 1.29 is 28.2 Å². The van der Waals surface area contributed by atoms with E-state index in [1.807, 2.05) is 0 Å². The Morgan fingerprint density at radius 3 is 2.62 bits per heavy atom. The van der Waals surface area contributed by atoms with E-state index in [0.29, 0.717) is 0 Å². The molecule has 1 aliphatic heterocycles. The molecule has 0 aromatic carbocycles. The molecule has 1 unspecified atom stereocenters. The van der Waals surface area contributed by atoms with E-state index in [9.17, 15) is 5.11 Å². The second-order valence-electron chi connectivity index (χ2n) is 2.69. The van der Waals surface area contributed by atoms with E-state index in [0.717, 1.165) is 0 Å². The van der Waals surface area contributed by atoms with Gasteiger partial charge >= 0.3 is 0 Å². The van der Waals surface area contributed by atoms with Gasteiger partial charge in [-0.1, -0.05) is 0 Å². The number of ether oxygens (including phenoxy) is 4. The largest absolute Gasteiger partial charge is 0.376 e. The molecular weight excluding hydrogens is 176 g/mol. The minimum absolute atomic E-state index is 0.0720. The Morgan fingerprint density at radius 1 is 1.23 bits per heavy atom. The Bertz CT molecular complexity index is 197. The Hall–Kier alpha value is -0.200. The molecule has 0 aromatic rings. The Kier molecular flexibility index (Phi) is 2.68. The highest BCUT2D eigenvalue weighted by atomic mass is 16.7. The topological polar surface area (TPSA) is 57.2 Å². The number of hydrogen-bond acceptors (Lipinski definition) is 5. The summed E-state index contributed by atoms with van der Waals surface area (Å²) >= 11 is 0. The Morgan fingerprint density at radius 2 is 1.92 bits per heavy atom. The van der Waals surface area contributed by atoms with Crippen LogP contribution in [-0.4, -0.2) is 57.6 Å². The van der Waals surface area contributed by atoms with Crippen LogP contribution in [0.5, 0.6) is 0 Å². The molecule has 1 heterocycles. The van der Waals surface area contributed by atoms with Crippen molar-refractivity contribution >= 4 is 0 Å². The molecule has 0 saturated carbocycles. The number of hydrogen-bond donors (Lipinski definition) is 1. The van der Waals surface area contributed by atoms with Crippen LogP contribution in [0, 0.1) is 0 Å². The molecule has 1 rings (SSSR count). The predicted molar refractivity (Wildman–Crippen MR) is 44.3 cm³/mol. The molecule has 0 amide bonds. The van der Waals surface area contributed by atoms with Crippen molar-refractivity contribution in [3.8, 4) is 0 Å². The van der Waals surface area contributed by atoms with E-state index in [1.54, 1.807) is 0 Å². The second-order valence-corrected chi connectivity index (χ2v) is 2.69. The molecule has 5 nitrogen and oxygen atoms in total. The van der Waals surface area contributed by atoms with Crippen LogP contribution >= 0.6 is 0 Å². The summed E-state index contributed by atoms with van der Waals surface area (Å²) in [7, 11) is -0.931. The van der Waals surface area contributed by atoms with E-state index < -0.39 is 24.6 Å². The molecule has 0 spiro atoms. The Balaban J connectivity index is 2.65. The normalized spacial score (nSPS) is 43.6. The van der Waals surface area contributed by atoms with Crippen molar-refractivity contribution in [1.29, 1.82) is 0 Å². The van der Waals surface area contributed by atoms with Crippen molar-refractivity contribution in [2.45, 2.75) is 24.6 Å². The van der Waals surface area contributed by atoms with Crippen molar-refractivity contribution in [3.63, 3.8) is 0 Å². The number of aliphatic hydroxyl groups excluding tert-OH is 1. The van der Waals surface area contributed by atoms with Gasteiger partial charge in [0.05, 0.1) is 10.7 Å². The van der Waals surface area contributed by atoms with Crippen LogP contribution < -0.4 is 0 Å². The smallest absolute Gasteiger partial charge is 0.183 e. The Labute approximate surface area is 81.8 Å². The van der Waals surface area contributed by atoms with Gasteiger partial charge in [0, 0.05) is 21.3 Å². The molecule has 0 bridgehead atoms. The van der Waals surface area contributed by atoms with Crippen molar-refractivity contribution in [3.05, 3.63) is 0 Å². The first-order valence-electron chi connectivity index (χ1n) is 5.89. The van der Waals surface area contributed by atoms with E-state index in [-0.39, 0.29) is 27.9 Å². The van der Waals surface area contributed by atoms with Gasteiger partial charge in [-0.15, -0.1) is 0 Å². The zero-order chi connectivity index (χ0) is 12.0. The molecule has 0 aliphatic carbocycles. The highest BCUT2D eigenvalue weighted by molar-refractivity contribution is 4.85. The highest BCUT2D eigenvalue weighted by Gasteiger charge is 2.40. The molecule has 1 aliphatic rings. The third-order valence-corrected chi connectivity index (χ3v) is 2.00. The number of methoxy groups -OCH3 is 3. The third kappa shape index (κ3) is 2.18. The van der Waals surface area contributed by atoms with E-state index in [4.69, 9.17) is 23.1 Å². The lowest BCUT2D eigenvalue weighted by molar-refractivity contribution is -0.267. The summed E-state index contributed by atoms with van der Waals surface area (Å²) in [6, 6.07) is 0. The van der Waals surface area contributed by atoms with E-state index in [2.05, 4.69) is 0 Å². The lowest BCUT2D eigenvalue weighted by Crippen LogP contribution is -2.55. The molecule has 4 atom stereocenters. The molecule has 1 saturated heterocycles. The maximum Gasteiger partial charge on any atom is 0.183 e. The lowest BCUT2D eigenvalue weighted by atomic mass is 10.1. The second kappa shape index (κ2) is 4.88. The molecule has 13 heavy (non-hydrogen) atoms. The van der Waals surface area contributed by atoms with Crippen LogP contribution in [-0.2, 0) is 18.9 Å².